The number of ether oxygens (including phenoxy) is 1. The minimum atomic E-state index is -0.333. The molecule has 0 amide bonds. The van der Waals surface area contributed by atoms with Crippen LogP contribution in [0.15, 0.2) is 42.6 Å². The number of methoxy groups -OCH3 is 1. The zero-order valence-corrected chi connectivity index (χ0v) is 10.7. The van der Waals surface area contributed by atoms with Crippen LogP contribution < -0.4 is 4.90 Å². The van der Waals surface area contributed by atoms with Crippen molar-refractivity contribution in [2.75, 3.05) is 12.0 Å². The number of rotatable bonds is 2. The third-order valence-electron chi connectivity index (χ3n) is 3.33. The van der Waals surface area contributed by atoms with Gasteiger partial charge in [-0.15, -0.1) is 0 Å². The second kappa shape index (κ2) is 4.72. The molecule has 19 heavy (non-hydrogen) atoms. The lowest BCUT2D eigenvalue weighted by Crippen LogP contribution is -2.16. The lowest BCUT2D eigenvalue weighted by atomic mass is 10.1. The van der Waals surface area contributed by atoms with Gasteiger partial charge in [-0.3, -0.25) is 0 Å². The van der Waals surface area contributed by atoms with Crippen LogP contribution in [-0.4, -0.2) is 18.1 Å². The summed E-state index contributed by atoms with van der Waals surface area (Å²) in [6.45, 7) is 1.65. The van der Waals surface area contributed by atoms with Crippen molar-refractivity contribution in [2.45, 2.75) is 13.1 Å². The summed E-state index contributed by atoms with van der Waals surface area (Å²) in [5.74, 6) is 0.472. The topological polar surface area (TPSA) is 42.4 Å². The fourth-order valence-corrected chi connectivity index (χ4v) is 2.33. The van der Waals surface area contributed by atoms with Gasteiger partial charge in [0.2, 0.25) is 0 Å². The molecule has 96 valence electrons. The Kier molecular flexibility index (Phi) is 2.91. The molecule has 4 heteroatoms. The van der Waals surface area contributed by atoms with Crippen molar-refractivity contribution in [3.8, 4) is 0 Å². The third kappa shape index (κ3) is 2.17. The number of carbonyl (C=O) groups is 1. The van der Waals surface area contributed by atoms with Crippen molar-refractivity contribution in [1.29, 1.82) is 0 Å². The molecule has 4 nitrogen and oxygen atoms in total. The first kappa shape index (κ1) is 11.7. The number of fused-ring (bicyclic) bond motifs is 1. The highest BCUT2D eigenvalue weighted by molar-refractivity contribution is 5.90. The Labute approximate surface area is 111 Å². The fraction of sp³-hybridized carbons (Fsp3) is 0.200. The van der Waals surface area contributed by atoms with E-state index in [2.05, 4.69) is 22.0 Å². The van der Waals surface area contributed by atoms with Gasteiger partial charge in [-0.1, -0.05) is 24.3 Å². The molecular weight excluding hydrogens is 240 g/mol. The Morgan fingerprint density at radius 2 is 1.89 bits per heavy atom. The summed E-state index contributed by atoms with van der Waals surface area (Å²) in [7, 11) is 1.38. The number of benzene rings is 1. The third-order valence-corrected chi connectivity index (χ3v) is 3.33. The molecule has 0 radical (unpaired) electrons. The number of aromatic nitrogens is 1. The van der Waals surface area contributed by atoms with Crippen LogP contribution in [0, 0.1) is 0 Å². The van der Waals surface area contributed by atoms with E-state index >= 15 is 0 Å². The zero-order valence-electron chi connectivity index (χ0n) is 10.7. The van der Waals surface area contributed by atoms with Crippen molar-refractivity contribution in [1.82, 2.24) is 4.98 Å². The number of anilines is 1. The van der Waals surface area contributed by atoms with Crippen LogP contribution in [0.4, 0.5) is 5.82 Å². The van der Waals surface area contributed by atoms with E-state index in [1.54, 1.807) is 18.3 Å². The molecule has 1 aromatic carbocycles. The summed E-state index contributed by atoms with van der Waals surface area (Å²) in [6, 6.07) is 11.8. The van der Waals surface area contributed by atoms with Crippen molar-refractivity contribution in [3.05, 3.63) is 59.3 Å². The highest BCUT2D eigenvalue weighted by Gasteiger charge is 2.20. The van der Waals surface area contributed by atoms with Gasteiger partial charge in [-0.25, -0.2) is 9.78 Å². The van der Waals surface area contributed by atoms with Crippen LogP contribution in [-0.2, 0) is 17.8 Å². The number of carbonyl (C=O) groups excluding carboxylic acids is 1. The summed E-state index contributed by atoms with van der Waals surface area (Å²) < 4.78 is 4.73. The number of hydrogen-bond donors (Lipinski definition) is 0. The van der Waals surface area contributed by atoms with Crippen molar-refractivity contribution in [3.63, 3.8) is 0 Å². The summed E-state index contributed by atoms with van der Waals surface area (Å²) in [5.41, 5.74) is 3.16. The minimum absolute atomic E-state index is 0.333. The Balaban J connectivity index is 1.87. The lowest BCUT2D eigenvalue weighted by molar-refractivity contribution is 0.0600. The normalized spacial score (nSPS) is 13.2. The molecule has 0 fully saturated rings. The van der Waals surface area contributed by atoms with Gasteiger partial charge in [-0.2, -0.15) is 0 Å². The van der Waals surface area contributed by atoms with Gasteiger partial charge in [0, 0.05) is 19.3 Å². The van der Waals surface area contributed by atoms with Crippen LogP contribution in [0.1, 0.15) is 21.5 Å². The van der Waals surface area contributed by atoms with Gasteiger partial charge < -0.3 is 9.64 Å². The molecule has 2 heterocycles. The molecule has 0 bridgehead atoms. The molecule has 0 spiro atoms. The molecule has 0 saturated carbocycles. The van der Waals surface area contributed by atoms with Crippen LogP contribution >= 0.6 is 0 Å². The first-order valence-electron chi connectivity index (χ1n) is 6.14. The van der Waals surface area contributed by atoms with E-state index in [9.17, 15) is 4.79 Å². The standard InChI is InChI=1S/C15H14N2O2/c1-19-15(18)11-6-7-16-14(8-11)17-9-12-4-2-3-5-13(12)10-17/h2-8H,9-10H2,1H3. The molecular formula is C15H14N2O2. The fourth-order valence-electron chi connectivity index (χ4n) is 2.33. The molecule has 0 unspecified atom stereocenters. The highest BCUT2D eigenvalue weighted by atomic mass is 16.5. The molecule has 2 aromatic rings. The maximum atomic E-state index is 11.5. The molecule has 0 atom stereocenters. The number of esters is 1. The van der Waals surface area contributed by atoms with Gasteiger partial charge >= 0.3 is 5.97 Å². The van der Waals surface area contributed by atoms with Gasteiger partial charge in [-0.05, 0) is 23.3 Å². The molecule has 0 saturated heterocycles. The predicted octanol–water partition coefficient (Wildman–Crippen LogP) is 2.39. The quantitative estimate of drug-likeness (QED) is 0.772. The SMILES string of the molecule is COC(=O)c1ccnc(N2Cc3ccccc3C2)c1. The maximum absolute atomic E-state index is 11.5. The van der Waals surface area contributed by atoms with Gasteiger partial charge in [0.15, 0.2) is 0 Å². The largest absolute Gasteiger partial charge is 0.465 e. The first-order valence-corrected chi connectivity index (χ1v) is 6.14. The molecule has 1 aliphatic heterocycles. The first-order chi connectivity index (χ1) is 9.28. The highest BCUT2D eigenvalue weighted by Crippen LogP contribution is 2.27. The second-order valence-electron chi connectivity index (χ2n) is 4.52. The maximum Gasteiger partial charge on any atom is 0.338 e. The number of pyridine rings is 1. The van der Waals surface area contributed by atoms with E-state index in [1.165, 1.54) is 18.2 Å². The summed E-state index contributed by atoms with van der Waals surface area (Å²) >= 11 is 0. The van der Waals surface area contributed by atoms with E-state index in [4.69, 9.17) is 4.74 Å². The molecule has 1 aromatic heterocycles. The van der Waals surface area contributed by atoms with Crippen molar-refractivity contribution < 1.29 is 9.53 Å². The Morgan fingerprint density at radius 3 is 2.53 bits per heavy atom. The summed E-state index contributed by atoms with van der Waals surface area (Å²) in [6.07, 6.45) is 1.64. The number of hydrogen-bond acceptors (Lipinski definition) is 4. The molecule has 1 aliphatic rings. The Morgan fingerprint density at radius 1 is 1.21 bits per heavy atom. The van der Waals surface area contributed by atoms with Crippen LogP contribution in [0.3, 0.4) is 0 Å². The van der Waals surface area contributed by atoms with E-state index < -0.39 is 0 Å². The van der Waals surface area contributed by atoms with Crippen molar-refractivity contribution >= 4 is 11.8 Å². The monoisotopic (exact) mass is 254 g/mol. The average Bonchev–Trinajstić information content (AvgIpc) is 2.90. The molecule has 0 aliphatic carbocycles. The van der Waals surface area contributed by atoms with E-state index in [0.29, 0.717) is 5.56 Å². The summed E-state index contributed by atoms with van der Waals surface area (Å²) in [5, 5.41) is 0. The van der Waals surface area contributed by atoms with E-state index in [0.717, 1.165) is 18.9 Å². The van der Waals surface area contributed by atoms with E-state index in [-0.39, 0.29) is 5.97 Å². The Bertz CT molecular complexity index is 600. The van der Waals surface area contributed by atoms with Gasteiger partial charge in [0.1, 0.15) is 5.82 Å². The van der Waals surface area contributed by atoms with Gasteiger partial charge in [0.25, 0.3) is 0 Å². The van der Waals surface area contributed by atoms with Crippen LogP contribution in [0.5, 0.6) is 0 Å². The average molecular weight is 254 g/mol. The van der Waals surface area contributed by atoms with Crippen LogP contribution in [0.2, 0.25) is 0 Å². The molecule has 0 N–H and O–H groups in total. The number of nitrogens with zero attached hydrogens (tertiary/aromatic N) is 2. The van der Waals surface area contributed by atoms with Crippen LogP contribution in [0.25, 0.3) is 0 Å². The van der Waals surface area contributed by atoms with E-state index in [1.807, 2.05) is 12.1 Å². The van der Waals surface area contributed by atoms with Gasteiger partial charge in [0.05, 0.1) is 12.7 Å². The predicted molar refractivity (Wildman–Crippen MR) is 71.9 cm³/mol. The summed E-state index contributed by atoms with van der Waals surface area (Å²) in [4.78, 5) is 18.0. The molecule has 3 rings (SSSR count). The zero-order chi connectivity index (χ0) is 13.2. The smallest absolute Gasteiger partial charge is 0.338 e. The minimum Gasteiger partial charge on any atom is -0.465 e. The van der Waals surface area contributed by atoms with Crippen molar-refractivity contribution in [2.24, 2.45) is 0 Å². The second-order valence-corrected chi connectivity index (χ2v) is 4.52. The Hall–Kier alpha value is -2.36. The lowest BCUT2D eigenvalue weighted by Gasteiger charge is -2.16.